The molecule has 24 heavy (non-hydrogen) atoms. The Morgan fingerprint density at radius 3 is 1.96 bits per heavy atom. The molecule has 0 saturated carbocycles. The zero-order valence-electron chi connectivity index (χ0n) is 13.1. The van der Waals surface area contributed by atoms with Gasteiger partial charge in [0, 0.05) is 24.1 Å². The van der Waals surface area contributed by atoms with Gasteiger partial charge in [-0.15, -0.1) is 0 Å². The topological polar surface area (TPSA) is 63.2 Å². The largest absolute Gasteiger partial charge is 0.301 e. The molecule has 1 heterocycles. The van der Waals surface area contributed by atoms with E-state index in [1.807, 2.05) is 36.4 Å². The van der Waals surface area contributed by atoms with Crippen molar-refractivity contribution in [3.05, 3.63) is 70.8 Å². The maximum atomic E-state index is 12.3. The number of nitrogens with one attached hydrogen (secondary N) is 1. The Balaban J connectivity index is 1.69. The fraction of sp³-hybridized carbons (Fsp3) is 0.150. The van der Waals surface area contributed by atoms with E-state index in [-0.39, 0.29) is 11.6 Å². The predicted molar refractivity (Wildman–Crippen MR) is 92.9 cm³/mol. The number of hydrogen-bond acceptors (Lipinski definition) is 4. The Hall–Kier alpha value is -2.85. The van der Waals surface area contributed by atoms with Gasteiger partial charge >= 0.3 is 0 Å². The third-order valence-corrected chi connectivity index (χ3v) is 4.04. The molecule has 0 aliphatic carbocycles. The summed E-state index contributed by atoms with van der Waals surface area (Å²) in [6, 6.07) is 13.8. The third-order valence-electron chi connectivity index (χ3n) is 4.04. The molecule has 1 atom stereocenters. The first-order chi connectivity index (χ1) is 11.7. The van der Waals surface area contributed by atoms with E-state index in [1.165, 1.54) is 0 Å². The third kappa shape index (κ3) is 3.55. The lowest BCUT2D eigenvalue weighted by atomic mass is 10.0. The highest BCUT2D eigenvalue weighted by atomic mass is 16.2. The predicted octanol–water partition coefficient (Wildman–Crippen LogP) is 2.78. The number of carbonyl (C=O) groups excluding carboxylic acids is 3. The highest BCUT2D eigenvalue weighted by Crippen LogP contribution is 2.14. The van der Waals surface area contributed by atoms with Gasteiger partial charge in [-0.05, 0) is 11.1 Å². The van der Waals surface area contributed by atoms with Crippen molar-refractivity contribution in [2.45, 2.75) is 12.5 Å². The van der Waals surface area contributed by atoms with Crippen LogP contribution in [-0.2, 0) is 4.79 Å². The Labute approximate surface area is 140 Å². The van der Waals surface area contributed by atoms with Crippen LogP contribution in [0.15, 0.2) is 48.5 Å². The Morgan fingerprint density at radius 2 is 1.46 bits per heavy atom. The van der Waals surface area contributed by atoms with E-state index in [0.29, 0.717) is 24.1 Å². The average Bonchev–Trinajstić information content (AvgIpc) is 3.06. The molecule has 2 aromatic carbocycles. The molecule has 1 aliphatic rings. The molecular weight excluding hydrogens is 302 g/mol. The zero-order chi connectivity index (χ0) is 16.9. The number of ketones is 2. The minimum atomic E-state index is -0.692. The van der Waals surface area contributed by atoms with E-state index in [2.05, 4.69) is 5.32 Å². The number of hydrogen-bond donors (Lipinski definition) is 1. The van der Waals surface area contributed by atoms with E-state index < -0.39 is 6.04 Å². The smallest absolute Gasteiger partial charge is 0.187 e. The summed E-state index contributed by atoms with van der Waals surface area (Å²) < 4.78 is 0. The second kappa shape index (κ2) is 7.15. The molecule has 1 aliphatic heterocycles. The highest BCUT2D eigenvalue weighted by Gasteiger charge is 2.30. The molecule has 0 bridgehead atoms. The van der Waals surface area contributed by atoms with Crippen LogP contribution in [-0.4, -0.2) is 30.4 Å². The summed E-state index contributed by atoms with van der Waals surface area (Å²) in [7, 11) is 0. The highest BCUT2D eigenvalue weighted by molar-refractivity contribution is 6.15. The maximum Gasteiger partial charge on any atom is 0.187 e. The van der Waals surface area contributed by atoms with Crippen molar-refractivity contribution in [2.75, 3.05) is 6.54 Å². The Bertz CT molecular complexity index is 789. The quantitative estimate of drug-likeness (QED) is 0.398. The van der Waals surface area contributed by atoms with Gasteiger partial charge in [-0.2, -0.15) is 0 Å². The summed E-state index contributed by atoms with van der Waals surface area (Å²) in [5.41, 5.74) is 3.12. The van der Waals surface area contributed by atoms with E-state index in [0.717, 1.165) is 17.4 Å². The fourth-order valence-corrected chi connectivity index (χ4v) is 2.64. The van der Waals surface area contributed by atoms with Crippen LogP contribution < -0.4 is 5.32 Å². The van der Waals surface area contributed by atoms with Crippen LogP contribution in [0.3, 0.4) is 0 Å². The molecule has 1 unspecified atom stereocenters. The molecule has 3 rings (SSSR count). The van der Waals surface area contributed by atoms with Crippen LogP contribution >= 0.6 is 0 Å². The summed E-state index contributed by atoms with van der Waals surface area (Å²) in [4.78, 5) is 34.6. The van der Waals surface area contributed by atoms with Crippen molar-refractivity contribution in [3.63, 3.8) is 0 Å². The Kier molecular flexibility index (Phi) is 4.77. The van der Waals surface area contributed by atoms with Crippen LogP contribution in [0.1, 0.15) is 38.3 Å². The number of benzene rings is 2. The molecule has 2 aromatic rings. The molecule has 1 fully saturated rings. The van der Waals surface area contributed by atoms with Gasteiger partial charge in [0.1, 0.15) is 12.3 Å². The van der Waals surface area contributed by atoms with Crippen LogP contribution in [0.4, 0.5) is 0 Å². The SMILES string of the molecule is O=Cc1ccc(/C=C\c2ccc(C(=O)C3NCCC3=O)cc2)cc1. The van der Waals surface area contributed by atoms with Crippen LogP contribution in [0.2, 0.25) is 0 Å². The van der Waals surface area contributed by atoms with Crippen molar-refractivity contribution in [1.82, 2.24) is 5.32 Å². The molecule has 4 heteroatoms. The maximum absolute atomic E-state index is 12.3. The molecule has 0 radical (unpaired) electrons. The number of aldehydes is 1. The molecule has 120 valence electrons. The standard InChI is InChI=1S/C20H17NO3/c22-13-16-5-3-14(4-6-16)1-2-15-7-9-17(10-8-15)20(24)19-18(23)11-12-21-19/h1-10,13,19,21H,11-12H2/b2-1-. The number of carbonyl (C=O) groups is 3. The minimum absolute atomic E-state index is 0.0391. The van der Waals surface area contributed by atoms with Gasteiger partial charge in [-0.3, -0.25) is 14.4 Å². The number of rotatable bonds is 5. The van der Waals surface area contributed by atoms with Crippen LogP contribution in [0.25, 0.3) is 12.2 Å². The molecular formula is C20H17NO3. The van der Waals surface area contributed by atoms with E-state index >= 15 is 0 Å². The minimum Gasteiger partial charge on any atom is -0.301 e. The summed E-state index contributed by atoms with van der Waals surface area (Å²) in [5, 5.41) is 2.94. The normalized spacial score (nSPS) is 17.3. The second-order valence-corrected chi connectivity index (χ2v) is 5.71. The van der Waals surface area contributed by atoms with Gasteiger partial charge < -0.3 is 5.32 Å². The van der Waals surface area contributed by atoms with Crippen LogP contribution in [0.5, 0.6) is 0 Å². The molecule has 0 spiro atoms. The summed E-state index contributed by atoms with van der Waals surface area (Å²) >= 11 is 0. The molecule has 1 N–H and O–H groups in total. The molecule has 0 amide bonds. The van der Waals surface area contributed by atoms with Gasteiger partial charge in [0.2, 0.25) is 0 Å². The van der Waals surface area contributed by atoms with Gasteiger partial charge in [0.05, 0.1) is 0 Å². The average molecular weight is 319 g/mol. The van der Waals surface area contributed by atoms with Crippen molar-refractivity contribution in [2.24, 2.45) is 0 Å². The lowest BCUT2D eigenvalue weighted by Gasteiger charge is -2.07. The summed E-state index contributed by atoms with van der Waals surface area (Å²) in [5.74, 6) is -0.208. The van der Waals surface area contributed by atoms with Gasteiger partial charge in [-0.25, -0.2) is 0 Å². The van der Waals surface area contributed by atoms with E-state index in [1.54, 1.807) is 24.3 Å². The Morgan fingerprint density at radius 1 is 0.917 bits per heavy atom. The van der Waals surface area contributed by atoms with Crippen molar-refractivity contribution in [3.8, 4) is 0 Å². The summed E-state index contributed by atoms with van der Waals surface area (Å²) in [6.45, 7) is 0.568. The van der Waals surface area contributed by atoms with Gasteiger partial charge in [-0.1, -0.05) is 60.7 Å². The van der Waals surface area contributed by atoms with E-state index in [9.17, 15) is 14.4 Å². The first-order valence-corrected chi connectivity index (χ1v) is 7.81. The van der Waals surface area contributed by atoms with Crippen molar-refractivity contribution < 1.29 is 14.4 Å². The lowest BCUT2D eigenvalue weighted by molar-refractivity contribution is -0.117. The monoisotopic (exact) mass is 319 g/mol. The van der Waals surface area contributed by atoms with Gasteiger partial charge in [0.15, 0.2) is 11.6 Å². The fourth-order valence-electron chi connectivity index (χ4n) is 2.64. The molecule has 1 saturated heterocycles. The lowest BCUT2D eigenvalue weighted by Crippen LogP contribution is -2.35. The first kappa shape index (κ1) is 16.0. The first-order valence-electron chi connectivity index (χ1n) is 7.81. The van der Waals surface area contributed by atoms with E-state index in [4.69, 9.17) is 0 Å². The van der Waals surface area contributed by atoms with Crippen molar-refractivity contribution >= 4 is 30.0 Å². The zero-order valence-corrected chi connectivity index (χ0v) is 13.1. The second-order valence-electron chi connectivity index (χ2n) is 5.71. The van der Waals surface area contributed by atoms with Gasteiger partial charge in [0.25, 0.3) is 0 Å². The van der Waals surface area contributed by atoms with Crippen molar-refractivity contribution in [1.29, 1.82) is 0 Å². The molecule has 4 nitrogen and oxygen atoms in total. The number of Topliss-reactive ketones (excluding diaryl/α,β-unsaturated/α-hetero) is 2. The molecule has 0 aromatic heterocycles. The van der Waals surface area contributed by atoms with Crippen LogP contribution in [0, 0.1) is 0 Å². The summed E-state index contributed by atoms with van der Waals surface area (Å²) in [6.07, 6.45) is 5.10.